The lowest BCUT2D eigenvalue weighted by atomic mass is 9.98. The SMILES string of the molecule is COc1cc(-c2ccc(OCC(O)CN3CCCC(F)(F)C3)c3ccccc23)ccn1. The maximum absolute atomic E-state index is 13.6. The molecule has 3 aromatic rings. The van der Waals surface area contributed by atoms with Crippen LogP contribution in [0.15, 0.2) is 54.7 Å². The van der Waals surface area contributed by atoms with E-state index in [4.69, 9.17) is 9.47 Å². The Balaban J connectivity index is 1.50. The zero-order chi connectivity index (χ0) is 21.8. The molecule has 1 fully saturated rings. The number of aliphatic hydroxyl groups excluding tert-OH is 1. The first-order valence-electron chi connectivity index (χ1n) is 10.4. The quantitative estimate of drug-likeness (QED) is 0.605. The summed E-state index contributed by atoms with van der Waals surface area (Å²) in [4.78, 5) is 5.77. The third-order valence-corrected chi connectivity index (χ3v) is 5.51. The minimum absolute atomic E-state index is 0.0362. The minimum Gasteiger partial charge on any atom is -0.490 e. The van der Waals surface area contributed by atoms with Gasteiger partial charge in [0.2, 0.25) is 5.88 Å². The summed E-state index contributed by atoms with van der Waals surface area (Å²) in [7, 11) is 1.58. The third-order valence-electron chi connectivity index (χ3n) is 5.51. The number of aromatic nitrogens is 1. The predicted molar refractivity (Wildman–Crippen MR) is 116 cm³/mol. The molecule has 1 aliphatic rings. The Bertz CT molecular complexity index is 1040. The van der Waals surface area contributed by atoms with Crippen molar-refractivity contribution in [2.45, 2.75) is 24.9 Å². The minimum atomic E-state index is -2.68. The highest BCUT2D eigenvalue weighted by molar-refractivity contribution is 6.00. The molecule has 0 radical (unpaired) electrons. The fourth-order valence-corrected chi connectivity index (χ4v) is 4.08. The molecule has 1 N–H and O–H groups in total. The molecule has 1 aromatic heterocycles. The summed E-state index contributed by atoms with van der Waals surface area (Å²) < 4.78 is 38.3. The summed E-state index contributed by atoms with van der Waals surface area (Å²) in [6.45, 7) is 0.466. The van der Waals surface area contributed by atoms with E-state index >= 15 is 0 Å². The zero-order valence-corrected chi connectivity index (χ0v) is 17.4. The number of likely N-dealkylation sites (tertiary alicyclic amines) is 1. The van der Waals surface area contributed by atoms with E-state index in [0.717, 1.165) is 21.9 Å². The number of alkyl halides is 2. The second-order valence-electron chi connectivity index (χ2n) is 7.90. The normalized spacial score (nSPS) is 17.4. The Hall–Kier alpha value is -2.77. The van der Waals surface area contributed by atoms with Crippen LogP contribution in [0, 0.1) is 0 Å². The Kier molecular flexibility index (Phi) is 6.34. The highest BCUT2D eigenvalue weighted by Crippen LogP contribution is 2.35. The maximum atomic E-state index is 13.6. The van der Waals surface area contributed by atoms with Crippen LogP contribution in [0.4, 0.5) is 8.78 Å². The first kappa shape index (κ1) is 21.5. The van der Waals surface area contributed by atoms with E-state index in [1.807, 2.05) is 48.5 Å². The smallest absolute Gasteiger partial charge is 0.260 e. The molecule has 5 nitrogen and oxygen atoms in total. The first-order chi connectivity index (χ1) is 14.9. The van der Waals surface area contributed by atoms with E-state index in [1.54, 1.807) is 18.2 Å². The number of β-amino-alcohol motifs (C(OH)–C–C–N with tert-alkyl or cyclic N) is 1. The van der Waals surface area contributed by atoms with Gasteiger partial charge in [-0.15, -0.1) is 0 Å². The first-order valence-corrected chi connectivity index (χ1v) is 10.4. The van der Waals surface area contributed by atoms with Crippen molar-refractivity contribution in [2.24, 2.45) is 0 Å². The van der Waals surface area contributed by atoms with Crippen molar-refractivity contribution in [3.05, 3.63) is 54.7 Å². The van der Waals surface area contributed by atoms with Gasteiger partial charge in [-0.1, -0.05) is 30.3 Å². The number of nitrogens with zero attached hydrogens (tertiary/aromatic N) is 2. The van der Waals surface area contributed by atoms with Gasteiger partial charge in [0.25, 0.3) is 5.92 Å². The molecule has 1 saturated heterocycles. The molecule has 31 heavy (non-hydrogen) atoms. The predicted octanol–water partition coefficient (Wildman–Crippen LogP) is 4.38. The third kappa shape index (κ3) is 5.11. The number of ether oxygens (including phenoxy) is 2. The Morgan fingerprint density at radius 2 is 1.97 bits per heavy atom. The van der Waals surface area contributed by atoms with E-state index < -0.39 is 12.0 Å². The zero-order valence-electron chi connectivity index (χ0n) is 17.4. The summed E-state index contributed by atoms with van der Waals surface area (Å²) in [5.41, 5.74) is 1.99. The number of hydrogen-bond acceptors (Lipinski definition) is 5. The van der Waals surface area contributed by atoms with Crippen LogP contribution in [0.1, 0.15) is 12.8 Å². The molecule has 0 amide bonds. The highest BCUT2D eigenvalue weighted by atomic mass is 19.3. The van der Waals surface area contributed by atoms with Crippen LogP contribution in [-0.2, 0) is 0 Å². The van der Waals surface area contributed by atoms with E-state index in [0.29, 0.717) is 24.6 Å². The van der Waals surface area contributed by atoms with Crippen molar-refractivity contribution in [1.82, 2.24) is 9.88 Å². The molecule has 2 aromatic carbocycles. The molecule has 0 spiro atoms. The second-order valence-corrected chi connectivity index (χ2v) is 7.90. The Morgan fingerprint density at radius 1 is 1.16 bits per heavy atom. The standard InChI is InChI=1S/C24H26F2N2O3/c1-30-23-13-17(9-11-27-23)19-7-8-22(21-6-3-2-5-20(19)21)31-15-18(29)14-28-12-4-10-24(25,26)16-28/h2-3,5-9,11,13,18,29H,4,10,12,14-16H2,1H3. The lowest BCUT2D eigenvalue weighted by Crippen LogP contribution is -2.46. The Labute approximate surface area is 180 Å². The summed E-state index contributed by atoms with van der Waals surface area (Å²) in [6, 6.07) is 15.5. The number of fused-ring (bicyclic) bond motifs is 1. The summed E-state index contributed by atoms with van der Waals surface area (Å²) >= 11 is 0. The van der Waals surface area contributed by atoms with Gasteiger partial charge in [0.15, 0.2) is 0 Å². The van der Waals surface area contributed by atoms with Crippen LogP contribution in [0.3, 0.4) is 0 Å². The average molecular weight is 428 g/mol. The van der Waals surface area contributed by atoms with Gasteiger partial charge in [-0.05, 0) is 41.6 Å². The number of halogens is 2. The van der Waals surface area contributed by atoms with Crippen LogP contribution in [0.2, 0.25) is 0 Å². The van der Waals surface area contributed by atoms with E-state index in [-0.39, 0.29) is 26.1 Å². The van der Waals surface area contributed by atoms with Gasteiger partial charge >= 0.3 is 0 Å². The number of aliphatic hydroxyl groups is 1. The average Bonchev–Trinajstić information content (AvgIpc) is 2.76. The number of methoxy groups -OCH3 is 1. The molecule has 1 unspecified atom stereocenters. The topological polar surface area (TPSA) is 54.8 Å². The molecule has 0 aliphatic carbocycles. The number of benzene rings is 2. The van der Waals surface area contributed by atoms with Gasteiger partial charge in [-0.25, -0.2) is 13.8 Å². The highest BCUT2D eigenvalue weighted by Gasteiger charge is 2.35. The van der Waals surface area contributed by atoms with Gasteiger partial charge in [0.1, 0.15) is 18.5 Å². The van der Waals surface area contributed by atoms with Crippen LogP contribution in [-0.4, -0.2) is 60.4 Å². The van der Waals surface area contributed by atoms with E-state index in [2.05, 4.69) is 4.98 Å². The van der Waals surface area contributed by atoms with Crippen LogP contribution >= 0.6 is 0 Å². The fourth-order valence-electron chi connectivity index (χ4n) is 4.08. The number of rotatable bonds is 7. The lowest BCUT2D eigenvalue weighted by Gasteiger charge is -2.33. The van der Waals surface area contributed by atoms with E-state index in [9.17, 15) is 13.9 Å². The van der Waals surface area contributed by atoms with Crippen molar-refractivity contribution in [3.8, 4) is 22.8 Å². The van der Waals surface area contributed by atoms with Crippen molar-refractivity contribution in [3.63, 3.8) is 0 Å². The maximum Gasteiger partial charge on any atom is 0.260 e. The summed E-state index contributed by atoms with van der Waals surface area (Å²) in [5.74, 6) is -1.50. The Morgan fingerprint density at radius 3 is 2.74 bits per heavy atom. The molecular formula is C24H26F2N2O3. The van der Waals surface area contributed by atoms with Crippen molar-refractivity contribution in [2.75, 3.05) is 33.4 Å². The second kappa shape index (κ2) is 9.16. The van der Waals surface area contributed by atoms with Crippen LogP contribution in [0.5, 0.6) is 11.6 Å². The molecule has 2 heterocycles. The summed E-state index contributed by atoms with van der Waals surface area (Å²) in [6.07, 6.45) is 1.20. The van der Waals surface area contributed by atoms with Crippen molar-refractivity contribution >= 4 is 10.8 Å². The largest absolute Gasteiger partial charge is 0.490 e. The molecule has 0 bridgehead atoms. The van der Waals surface area contributed by atoms with Gasteiger partial charge in [0.05, 0.1) is 13.7 Å². The van der Waals surface area contributed by atoms with E-state index in [1.165, 1.54) is 0 Å². The number of hydrogen-bond donors (Lipinski definition) is 1. The van der Waals surface area contributed by atoms with Crippen LogP contribution < -0.4 is 9.47 Å². The number of pyridine rings is 1. The molecule has 7 heteroatoms. The van der Waals surface area contributed by atoms with Crippen LogP contribution in [0.25, 0.3) is 21.9 Å². The summed E-state index contributed by atoms with van der Waals surface area (Å²) in [5, 5.41) is 12.3. The monoisotopic (exact) mass is 428 g/mol. The molecule has 1 atom stereocenters. The van der Waals surface area contributed by atoms with Crippen molar-refractivity contribution in [1.29, 1.82) is 0 Å². The molecule has 4 rings (SSSR count). The number of piperidine rings is 1. The van der Waals surface area contributed by atoms with Gasteiger partial charge < -0.3 is 14.6 Å². The van der Waals surface area contributed by atoms with Gasteiger partial charge in [-0.3, -0.25) is 4.90 Å². The molecule has 1 aliphatic heterocycles. The lowest BCUT2D eigenvalue weighted by molar-refractivity contribution is -0.0736. The molecular weight excluding hydrogens is 402 g/mol. The molecule has 164 valence electrons. The molecule has 0 saturated carbocycles. The fraction of sp³-hybridized carbons (Fsp3) is 0.375. The van der Waals surface area contributed by atoms with Crippen molar-refractivity contribution < 1.29 is 23.4 Å². The van der Waals surface area contributed by atoms with Gasteiger partial charge in [0, 0.05) is 30.6 Å². The van der Waals surface area contributed by atoms with Gasteiger partial charge in [-0.2, -0.15) is 0 Å².